The van der Waals surface area contributed by atoms with Crippen molar-refractivity contribution in [2.75, 3.05) is 0 Å². The number of hydrogen-bond donors (Lipinski definition) is 0. The summed E-state index contributed by atoms with van der Waals surface area (Å²) < 4.78 is 20.9. The lowest BCUT2D eigenvalue weighted by Gasteiger charge is -2.33. The summed E-state index contributed by atoms with van der Waals surface area (Å²) in [4.78, 5) is 20.7. The van der Waals surface area contributed by atoms with Gasteiger partial charge in [-0.15, -0.1) is 0 Å². The summed E-state index contributed by atoms with van der Waals surface area (Å²) in [6.45, 7) is -0.184. The number of aromatic nitrogens is 7. The van der Waals surface area contributed by atoms with Crippen LogP contribution >= 0.6 is 0 Å². The van der Waals surface area contributed by atoms with Crippen LogP contribution in [0, 0.1) is 0 Å². The molecule has 0 saturated heterocycles. The van der Waals surface area contributed by atoms with E-state index in [1.165, 1.54) is 0 Å². The second-order valence-corrected chi connectivity index (χ2v) is 17.4. The first kappa shape index (κ1) is 37.0. The number of rotatable bonds is 5. The lowest BCUT2D eigenvalue weighted by Crippen LogP contribution is -2.57. The van der Waals surface area contributed by atoms with E-state index in [4.69, 9.17) is 29.4 Å². The van der Waals surface area contributed by atoms with Crippen LogP contribution < -0.4 is 25.9 Å². The van der Waals surface area contributed by atoms with Crippen LogP contribution in [0.15, 0.2) is 206 Å². The monoisotopic (exact) mass is 871 g/mol. The highest BCUT2D eigenvalue weighted by molar-refractivity contribution is 6.98. The standard InChI is InChI=1S/C58H34BN7O2/c1-4-16-35(17-5-1)55-61-56(36-18-6-2-7-19-36)63-57(62-55)37-28-31-49-43(32-37)59-42-23-11-15-27-48(42)67-50-33-39(34-51(68-49)52(50)59)64-44-24-12-10-22-40(44)41-29-30-47-53(54(41)64)60-58-65(38-20-8-3-9-21-38)45-25-13-14-26-46(45)66(47)58/h1-34H. The molecule has 0 unspecified atom stereocenters. The van der Waals surface area contributed by atoms with Gasteiger partial charge in [0.15, 0.2) is 17.5 Å². The van der Waals surface area contributed by atoms with Gasteiger partial charge in [0.1, 0.15) is 28.5 Å². The Labute approximate surface area is 388 Å². The average Bonchev–Trinajstić information content (AvgIpc) is 4.06. The molecule has 0 atom stereocenters. The van der Waals surface area contributed by atoms with E-state index in [1.54, 1.807) is 0 Å². The molecule has 0 amide bonds. The molecule has 4 aromatic heterocycles. The van der Waals surface area contributed by atoms with Crippen molar-refractivity contribution in [1.29, 1.82) is 0 Å². The van der Waals surface area contributed by atoms with Gasteiger partial charge in [-0.05, 0) is 71.6 Å². The van der Waals surface area contributed by atoms with E-state index in [2.05, 4.69) is 147 Å². The van der Waals surface area contributed by atoms with Crippen LogP contribution in [0.4, 0.5) is 0 Å². The maximum absolute atomic E-state index is 7.05. The van der Waals surface area contributed by atoms with E-state index in [0.29, 0.717) is 17.5 Å². The van der Waals surface area contributed by atoms with Gasteiger partial charge >= 0.3 is 0 Å². The lowest BCUT2D eigenvalue weighted by atomic mass is 9.34. The van der Waals surface area contributed by atoms with Crippen molar-refractivity contribution in [3.63, 3.8) is 0 Å². The molecular formula is C58H34BN7O2. The lowest BCUT2D eigenvalue weighted by molar-refractivity contribution is 0.464. The molecule has 0 spiro atoms. The number of fused-ring (bicyclic) bond motifs is 13. The van der Waals surface area contributed by atoms with Gasteiger partial charge in [0, 0.05) is 50.7 Å². The van der Waals surface area contributed by atoms with Crippen LogP contribution in [-0.2, 0) is 0 Å². The maximum Gasteiger partial charge on any atom is 0.260 e. The molecule has 6 heterocycles. The van der Waals surface area contributed by atoms with Crippen molar-refractivity contribution in [2.24, 2.45) is 0 Å². The van der Waals surface area contributed by atoms with E-state index < -0.39 is 0 Å². The van der Waals surface area contributed by atoms with Crippen molar-refractivity contribution in [3.05, 3.63) is 206 Å². The van der Waals surface area contributed by atoms with Crippen LogP contribution in [0.25, 0.3) is 95.2 Å². The zero-order valence-corrected chi connectivity index (χ0v) is 36.2. The highest BCUT2D eigenvalue weighted by Crippen LogP contribution is 2.42. The fraction of sp³-hybridized carbons (Fsp3) is 0. The summed E-state index contributed by atoms with van der Waals surface area (Å²) in [5.41, 5.74) is 13.9. The normalized spacial score (nSPS) is 12.6. The van der Waals surface area contributed by atoms with Gasteiger partial charge in [-0.1, -0.05) is 133 Å². The second-order valence-electron chi connectivity index (χ2n) is 17.4. The van der Waals surface area contributed by atoms with Gasteiger partial charge < -0.3 is 14.0 Å². The summed E-state index contributed by atoms with van der Waals surface area (Å²) in [5.74, 6) is 5.71. The minimum Gasteiger partial charge on any atom is -0.458 e. The number of nitrogens with zero attached hydrogens (tertiary/aromatic N) is 7. The Morgan fingerprint density at radius 3 is 1.68 bits per heavy atom. The molecule has 2 aliphatic rings. The topological polar surface area (TPSA) is 84.3 Å². The Morgan fingerprint density at radius 2 is 0.956 bits per heavy atom. The predicted octanol–water partition coefficient (Wildman–Crippen LogP) is 11.4. The van der Waals surface area contributed by atoms with Crippen molar-refractivity contribution in [1.82, 2.24) is 33.5 Å². The smallest absolute Gasteiger partial charge is 0.260 e. The Hall–Kier alpha value is -9.28. The highest BCUT2D eigenvalue weighted by atomic mass is 16.5. The van der Waals surface area contributed by atoms with Gasteiger partial charge in [0.25, 0.3) is 6.71 Å². The third-order valence-corrected chi connectivity index (χ3v) is 13.6. The Bertz CT molecular complexity index is 4150. The van der Waals surface area contributed by atoms with E-state index in [1.807, 2.05) is 72.8 Å². The Balaban J connectivity index is 0.937. The predicted molar refractivity (Wildman–Crippen MR) is 271 cm³/mol. The third kappa shape index (κ3) is 5.33. The molecule has 0 saturated carbocycles. The Kier molecular flexibility index (Phi) is 7.68. The molecule has 0 fully saturated rings. The van der Waals surface area contributed by atoms with Crippen molar-refractivity contribution < 1.29 is 9.47 Å². The van der Waals surface area contributed by atoms with Crippen molar-refractivity contribution in [3.8, 4) is 68.5 Å². The average molecular weight is 872 g/mol. The molecule has 9 aromatic carbocycles. The summed E-state index contributed by atoms with van der Waals surface area (Å²) in [7, 11) is 0. The summed E-state index contributed by atoms with van der Waals surface area (Å²) in [6.07, 6.45) is 0. The van der Waals surface area contributed by atoms with Crippen LogP contribution in [0.5, 0.6) is 23.0 Å². The third-order valence-electron chi connectivity index (χ3n) is 13.6. The fourth-order valence-corrected chi connectivity index (χ4v) is 10.7. The molecule has 9 nitrogen and oxygen atoms in total. The molecule has 0 aliphatic carbocycles. The van der Waals surface area contributed by atoms with E-state index >= 15 is 0 Å². The first-order valence-corrected chi connectivity index (χ1v) is 22.8. The summed E-state index contributed by atoms with van der Waals surface area (Å²) >= 11 is 0. The summed E-state index contributed by atoms with van der Waals surface area (Å²) in [5, 5.41) is 2.25. The Morgan fingerprint density at radius 1 is 0.368 bits per heavy atom. The molecule has 0 bridgehead atoms. The maximum atomic E-state index is 7.05. The first-order chi connectivity index (χ1) is 33.7. The van der Waals surface area contributed by atoms with Crippen LogP contribution in [0.3, 0.4) is 0 Å². The van der Waals surface area contributed by atoms with Gasteiger partial charge in [0.2, 0.25) is 5.78 Å². The SMILES string of the molecule is c1ccc(-c2nc(-c3ccccc3)nc(-c3ccc4c(c3)B3c5ccccc5Oc5cc(-n6c7ccccc7c7ccc8c(nc9n(-c%10ccccc%10)c%10ccccc%10n89)c76)cc(c53)O4)n2)cc1. The van der Waals surface area contributed by atoms with E-state index in [-0.39, 0.29) is 6.71 Å². The second kappa shape index (κ2) is 14.1. The molecule has 13 aromatic rings. The fourth-order valence-electron chi connectivity index (χ4n) is 10.7. The number of para-hydroxylation sites is 5. The number of imidazole rings is 2. The molecule has 15 rings (SSSR count). The quantitative estimate of drug-likeness (QED) is 0.160. The number of benzene rings is 9. The molecule has 10 heteroatoms. The molecule has 2 aliphatic heterocycles. The zero-order valence-electron chi connectivity index (χ0n) is 36.2. The minimum absolute atomic E-state index is 0.184. The summed E-state index contributed by atoms with van der Waals surface area (Å²) in [6, 6.07) is 71.1. The number of ether oxygens (including phenoxy) is 2. The molecule has 0 radical (unpaired) electrons. The van der Waals surface area contributed by atoms with Crippen LogP contribution in [0.1, 0.15) is 0 Å². The largest absolute Gasteiger partial charge is 0.458 e. The van der Waals surface area contributed by atoms with Crippen LogP contribution in [-0.4, -0.2) is 40.2 Å². The van der Waals surface area contributed by atoms with Gasteiger partial charge in [-0.25, -0.2) is 19.9 Å². The van der Waals surface area contributed by atoms with Gasteiger partial charge in [0.05, 0.1) is 33.3 Å². The van der Waals surface area contributed by atoms with Crippen LogP contribution in [0.2, 0.25) is 0 Å². The van der Waals surface area contributed by atoms with Crippen molar-refractivity contribution in [2.45, 2.75) is 0 Å². The van der Waals surface area contributed by atoms with Crippen molar-refractivity contribution >= 4 is 72.8 Å². The number of hydrogen-bond acceptors (Lipinski definition) is 6. The molecule has 0 N–H and O–H groups in total. The zero-order chi connectivity index (χ0) is 44.5. The highest BCUT2D eigenvalue weighted by Gasteiger charge is 2.41. The van der Waals surface area contributed by atoms with E-state index in [9.17, 15) is 0 Å². The van der Waals surface area contributed by atoms with E-state index in [0.717, 1.165) is 117 Å². The molecular weight excluding hydrogens is 837 g/mol. The first-order valence-electron chi connectivity index (χ1n) is 22.8. The minimum atomic E-state index is -0.184. The molecule has 68 heavy (non-hydrogen) atoms. The van der Waals surface area contributed by atoms with Gasteiger partial charge in [-0.3, -0.25) is 8.97 Å². The van der Waals surface area contributed by atoms with Gasteiger partial charge in [-0.2, -0.15) is 0 Å². The molecule has 316 valence electrons.